The van der Waals surface area contributed by atoms with Gasteiger partial charge in [-0.3, -0.25) is 9.78 Å². The van der Waals surface area contributed by atoms with E-state index < -0.39 is 0 Å². The molecule has 1 amide bonds. The number of pyridine rings is 1. The van der Waals surface area contributed by atoms with E-state index in [1.165, 1.54) is 6.20 Å². The van der Waals surface area contributed by atoms with Crippen molar-refractivity contribution in [2.24, 2.45) is 0 Å². The molecule has 2 N–H and O–H groups in total. The maximum Gasteiger partial charge on any atom is 0.254 e. The Labute approximate surface area is 105 Å². The molecule has 0 aliphatic heterocycles. The lowest BCUT2D eigenvalue weighted by molar-refractivity contribution is 0.0849. The van der Waals surface area contributed by atoms with Gasteiger partial charge in [-0.1, -0.05) is 11.6 Å². The van der Waals surface area contributed by atoms with Gasteiger partial charge in [0.05, 0.1) is 16.7 Å². The summed E-state index contributed by atoms with van der Waals surface area (Å²) in [4.78, 5) is 15.8. The molecule has 92 valence electrons. The molecule has 1 heterocycles. The summed E-state index contributed by atoms with van der Waals surface area (Å²) < 4.78 is 0. The SMILES string of the molecule is O=C(NC1CCCC(O)C1)c1cnccc1Cl. The van der Waals surface area contributed by atoms with E-state index in [2.05, 4.69) is 10.3 Å². The fraction of sp³-hybridized carbons (Fsp3) is 0.500. The van der Waals surface area contributed by atoms with Crippen molar-refractivity contribution in [3.8, 4) is 0 Å². The topological polar surface area (TPSA) is 62.2 Å². The molecule has 1 aromatic heterocycles. The number of nitrogens with zero attached hydrogens (tertiary/aromatic N) is 1. The molecule has 4 nitrogen and oxygen atoms in total. The summed E-state index contributed by atoms with van der Waals surface area (Å²) in [6, 6.07) is 1.62. The molecule has 17 heavy (non-hydrogen) atoms. The van der Waals surface area contributed by atoms with Crippen LogP contribution in [0.3, 0.4) is 0 Å². The van der Waals surface area contributed by atoms with Gasteiger partial charge in [-0.15, -0.1) is 0 Å². The van der Waals surface area contributed by atoms with Crippen LogP contribution in [0.25, 0.3) is 0 Å². The van der Waals surface area contributed by atoms with Crippen LogP contribution in [0.5, 0.6) is 0 Å². The number of hydrogen-bond acceptors (Lipinski definition) is 3. The van der Waals surface area contributed by atoms with Crippen molar-refractivity contribution in [3.05, 3.63) is 29.0 Å². The Kier molecular flexibility index (Phi) is 3.97. The number of carbonyl (C=O) groups is 1. The third kappa shape index (κ3) is 3.17. The van der Waals surface area contributed by atoms with E-state index in [0.717, 1.165) is 19.3 Å². The van der Waals surface area contributed by atoms with E-state index in [-0.39, 0.29) is 18.1 Å². The zero-order valence-corrected chi connectivity index (χ0v) is 10.2. The number of halogens is 1. The van der Waals surface area contributed by atoms with Crippen LogP contribution >= 0.6 is 11.6 Å². The molecule has 0 bridgehead atoms. The zero-order valence-electron chi connectivity index (χ0n) is 9.40. The van der Waals surface area contributed by atoms with Gasteiger partial charge in [-0.05, 0) is 31.7 Å². The van der Waals surface area contributed by atoms with Crippen molar-refractivity contribution >= 4 is 17.5 Å². The first kappa shape index (κ1) is 12.3. The predicted molar refractivity (Wildman–Crippen MR) is 65.0 cm³/mol. The third-order valence-corrected chi connectivity index (χ3v) is 3.32. The summed E-state index contributed by atoms with van der Waals surface area (Å²) in [6.07, 6.45) is 5.97. The minimum Gasteiger partial charge on any atom is -0.393 e. The lowest BCUT2D eigenvalue weighted by atomic mass is 9.93. The van der Waals surface area contributed by atoms with Gasteiger partial charge in [-0.25, -0.2) is 0 Å². The molecule has 1 fully saturated rings. The Bertz CT molecular complexity index is 411. The van der Waals surface area contributed by atoms with Gasteiger partial charge in [0.25, 0.3) is 5.91 Å². The lowest BCUT2D eigenvalue weighted by Crippen LogP contribution is -2.39. The normalized spacial score (nSPS) is 24.4. The van der Waals surface area contributed by atoms with Gasteiger partial charge in [0, 0.05) is 18.4 Å². The number of aliphatic hydroxyl groups excluding tert-OH is 1. The fourth-order valence-electron chi connectivity index (χ4n) is 2.10. The number of carbonyl (C=O) groups excluding carboxylic acids is 1. The third-order valence-electron chi connectivity index (χ3n) is 2.99. The highest BCUT2D eigenvalue weighted by Crippen LogP contribution is 2.20. The van der Waals surface area contributed by atoms with Gasteiger partial charge in [0.15, 0.2) is 0 Å². The second kappa shape index (κ2) is 5.47. The second-order valence-corrected chi connectivity index (χ2v) is 4.75. The Balaban J connectivity index is 1.99. The summed E-state index contributed by atoms with van der Waals surface area (Å²) in [7, 11) is 0. The minimum atomic E-state index is -0.307. The first-order valence-electron chi connectivity index (χ1n) is 5.75. The summed E-state index contributed by atoms with van der Waals surface area (Å²) in [6.45, 7) is 0. The largest absolute Gasteiger partial charge is 0.393 e. The van der Waals surface area contributed by atoms with E-state index >= 15 is 0 Å². The van der Waals surface area contributed by atoms with Crippen molar-refractivity contribution in [3.63, 3.8) is 0 Å². The van der Waals surface area contributed by atoms with E-state index in [1.807, 2.05) is 0 Å². The van der Waals surface area contributed by atoms with Crippen molar-refractivity contribution in [1.82, 2.24) is 10.3 Å². The lowest BCUT2D eigenvalue weighted by Gasteiger charge is -2.26. The van der Waals surface area contributed by atoms with Crippen LogP contribution in [0.1, 0.15) is 36.0 Å². The number of nitrogens with one attached hydrogen (secondary N) is 1. The molecule has 1 aromatic rings. The molecule has 2 unspecified atom stereocenters. The fourth-order valence-corrected chi connectivity index (χ4v) is 2.29. The molecular weight excluding hydrogens is 240 g/mol. The first-order valence-corrected chi connectivity index (χ1v) is 6.13. The number of amides is 1. The molecule has 2 rings (SSSR count). The maximum atomic E-state index is 11.9. The highest BCUT2D eigenvalue weighted by molar-refractivity contribution is 6.33. The van der Waals surface area contributed by atoms with Crippen molar-refractivity contribution in [2.75, 3.05) is 0 Å². The van der Waals surface area contributed by atoms with Crippen LogP contribution in [0.15, 0.2) is 18.5 Å². The van der Waals surface area contributed by atoms with Crippen LogP contribution in [0.2, 0.25) is 5.02 Å². The smallest absolute Gasteiger partial charge is 0.254 e. The van der Waals surface area contributed by atoms with E-state index in [4.69, 9.17) is 11.6 Å². The Hall–Kier alpha value is -1.13. The van der Waals surface area contributed by atoms with Crippen molar-refractivity contribution < 1.29 is 9.90 Å². The van der Waals surface area contributed by atoms with Crippen LogP contribution in [0, 0.1) is 0 Å². The molecule has 0 saturated heterocycles. The monoisotopic (exact) mass is 254 g/mol. The second-order valence-electron chi connectivity index (χ2n) is 4.35. The Morgan fingerprint density at radius 2 is 2.35 bits per heavy atom. The summed E-state index contributed by atoms with van der Waals surface area (Å²) in [5, 5.41) is 12.8. The molecular formula is C12H15ClN2O2. The zero-order chi connectivity index (χ0) is 12.3. The first-order chi connectivity index (χ1) is 8.16. The molecule has 1 aliphatic rings. The number of aliphatic hydroxyl groups is 1. The number of aromatic nitrogens is 1. The Morgan fingerprint density at radius 3 is 3.06 bits per heavy atom. The van der Waals surface area contributed by atoms with Crippen LogP contribution < -0.4 is 5.32 Å². The van der Waals surface area contributed by atoms with Gasteiger partial charge >= 0.3 is 0 Å². The molecule has 0 aromatic carbocycles. The molecule has 5 heteroatoms. The van der Waals surface area contributed by atoms with E-state index in [0.29, 0.717) is 17.0 Å². The summed E-state index contributed by atoms with van der Waals surface area (Å²) in [5.74, 6) is -0.220. The average molecular weight is 255 g/mol. The number of rotatable bonds is 2. The Morgan fingerprint density at radius 1 is 1.53 bits per heavy atom. The van der Waals surface area contributed by atoms with Crippen LogP contribution in [-0.4, -0.2) is 28.1 Å². The van der Waals surface area contributed by atoms with E-state index in [1.54, 1.807) is 12.3 Å². The molecule has 2 atom stereocenters. The quantitative estimate of drug-likeness (QED) is 0.846. The summed E-state index contributed by atoms with van der Waals surface area (Å²) in [5.41, 5.74) is 0.384. The molecule has 1 aliphatic carbocycles. The highest BCUT2D eigenvalue weighted by atomic mass is 35.5. The minimum absolute atomic E-state index is 0.0301. The maximum absolute atomic E-state index is 11.9. The summed E-state index contributed by atoms with van der Waals surface area (Å²) >= 11 is 5.92. The van der Waals surface area contributed by atoms with Gasteiger partial charge < -0.3 is 10.4 Å². The van der Waals surface area contributed by atoms with Crippen molar-refractivity contribution in [1.29, 1.82) is 0 Å². The van der Waals surface area contributed by atoms with Crippen molar-refractivity contribution in [2.45, 2.75) is 37.8 Å². The van der Waals surface area contributed by atoms with Gasteiger partial charge in [0.1, 0.15) is 0 Å². The number of hydrogen-bond donors (Lipinski definition) is 2. The predicted octanol–water partition coefficient (Wildman–Crippen LogP) is 1.77. The standard InChI is InChI=1S/C12H15ClN2O2/c13-11-4-5-14-7-10(11)12(17)15-8-2-1-3-9(16)6-8/h4-5,7-9,16H,1-3,6H2,(H,15,17). The van der Waals surface area contributed by atoms with Crippen LogP contribution in [-0.2, 0) is 0 Å². The highest BCUT2D eigenvalue weighted by Gasteiger charge is 2.22. The van der Waals surface area contributed by atoms with E-state index in [9.17, 15) is 9.90 Å². The molecule has 0 spiro atoms. The molecule has 0 radical (unpaired) electrons. The van der Waals surface area contributed by atoms with Crippen LogP contribution in [0.4, 0.5) is 0 Å². The average Bonchev–Trinajstić information content (AvgIpc) is 2.29. The van der Waals surface area contributed by atoms with Gasteiger partial charge in [-0.2, -0.15) is 0 Å². The van der Waals surface area contributed by atoms with Gasteiger partial charge in [0.2, 0.25) is 0 Å². The molecule has 1 saturated carbocycles.